The number of rotatable bonds is 5. The van der Waals surface area contributed by atoms with Crippen LogP contribution in [0.5, 0.6) is 5.75 Å². The molecule has 2 atom stereocenters. The quantitative estimate of drug-likeness (QED) is 0.621. The van der Waals surface area contributed by atoms with E-state index in [1.807, 2.05) is 17.0 Å². The van der Waals surface area contributed by atoms with E-state index in [1.54, 1.807) is 31.4 Å². The zero-order valence-electron chi connectivity index (χ0n) is 18.5. The lowest BCUT2D eigenvalue weighted by molar-refractivity contribution is 0.0600. The summed E-state index contributed by atoms with van der Waals surface area (Å²) in [5.74, 6) is 0.945. The number of carbonyl (C=O) groups excluding carboxylic acids is 2. The van der Waals surface area contributed by atoms with Gasteiger partial charge in [-0.2, -0.15) is 0 Å². The molecule has 8 heteroatoms. The van der Waals surface area contributed by atoms with Gasteiger partial charge in [0.25, 0.3) is 0 Å². The summed E-state index contributed by atoms with van der Waals surface area (Å²) in [7, 11) is 3.02. The summed E-state index contributed by atoms with van der Waals surface area (Å²) >= 11 is 0. The van der Waals surface area contributed by atoms with Crippen LogP contribution in [0, 0.1) is 5.92 Å². The second kappa shape index (κ2) is 10.0. The average molecular weight is 439 g/mol. The van der Waals surface area contributed by atoms with Crippen LogP contribution in [0.2, 0.25) is 0 Å². The predicted octanol–water partition coefficient (Wildman–Crippen LogP) is 3.33. The van der Waals surface area contributed by atoms with Crippen molar-refractivity contribution in [3.63, 3.8) is 0 Å². The molecule has 2 heterocycles. The van der Waals surface area contributed by atoms with Gasteiger partial charge in [0.1, 0.15) is 5.75 Å². The van der Waals surface area contributed by atoms with Crippen molar-refractivity contribution in [2.75, 3.05) is 32.6 Å². The summed E-state index contributed by atoms with van der Waals surface area (Å²) in [6.45, 7) is 1.41. The van der Waals surface area contributed by atoms with Gasteiger partial charge in [0.05, 0.1) is 19.8 Å². The van der Waals surface area contributed by atoms with Gasteiger partial charge in [-0.1, -0.05) is 18.2 Å². The molecule has 170 valence electrons. The second-order valence-corrected chi connectivity index (χ2v) is 8.29. The van der Waals surface area contributed by atoms with E-state index in [2.05, 4.69) is 28.3 Å². The number of methoxy groups -OCH3 is 2. The Morgan fingerprint density at radius 1 is 1.03 bits per heavy atom. The second-order valence-electron chi connectivity index (χ2n) is 8.29. The summed E-state index contributed by atoms with van der Waals surface area (Å²) in [4.78, 5) is 26.2. The Balaban J connectivity index is 1.28. The highest BCUT2D eigenvalue weighted by molar-refractivity contribution is 5.93. The van der Waals surface area contributed by atoms with Crippen LogP contribution < -0.4 is 20.9 Å². The predicted molar refractivity (Wildman–Crippen MR) is 122 cm³/mol. The highest BCUT2D eigenvalue weighted by atomic mass is 16.5. The van der Waals surface area contributed by atoms with Crippen molar-refractivity contribution in [1.29, 1.82) is 0 Å². The van der Waals surface area contributed by atoms with E-state index in [1.165, 1.54) is 12.7 Å². The fourth-order valence-electron chi connectivity index (χ4n) is 4.52. The Kier molecular flexibility index (Phi) is 6.92. The van der Waals surface area contributed by atoms with Gasteiger partial charge in [0, 0.05) is 30.9 Å². The first kappa shape index (κ1) is 22.1. The van der Waals surface area contributed by atoms with E-state index in [9.17, 15) is 9.59 Å². The zero-order chi connectivity index (χ0) is 22.5. The molecule has 32 heavy (non-hydrogen) atoms. The van der Waals surface area contributed by atoms with Crippen molar-refractivity contribution in [1.82, 2.24) is 15.8 Å². The lowest BCUT2D eigenvalue weighted by atomic mass is 9.86. The van der Waals surface area contributed by atoms with Crippen molar-refractivity contribution < 1.29 is 19.1 Å². The molecule has 2 aliphatic heterocycles. The van der Waals surface area contributed by atoms with Crippen molar-refractivity contribution in [2.24, 2.45) is 5.92 Å². The summed E-state index contributed by atoms with van der Waals surface area (Å²) in [5.41, 5.74) is 9.10. The van der Waals surface area contributed by atoms with Crippen LogP contribution in [0.1, 0.15) is 41.2 Å². The van der Waals surface area contributed by atoms with Crippen LogP contribution >= 0.6 is 0 Å². The topological polar surface area (TPSA) is 91.9 Å². The summed E-state index contributed by atoms with van der Waals surface area (Å²) < 4.78 is 10.1. The van der Waals surface area contributed by atoms with Gasteiger partial charge in [-0.05, 0) is 61.1 Å². The number of urea groups is 1. The maximum Gasteiger partial charge on any atom is 0.337 e. The Hall–Kier alpha value is -3.10. The lowest BCUT2D eigenvalue weighted by Gasteiger charge is -2.34. The Morgan fingerprint density at radius 2 is 1.81 bits per heavy atom. The number of nitrogens with one attached hydrogen (secondary N) is 3. The summed E-state index contributed by atoms with van der Waals surface area (Å²) in [5, 5.41) is 2.89. The number of nitrogens with zero attached hydrogens (tertiary/aromatic N) is 1. The van der Waals surface area contributed by atoms with Gasteiger partial charge in [-0.25, -0.2) is 9.59 Å². The monoisotopic (exact) mass is 438 g/mol. The number of hydrogen-bond acceptors (Lipinski definition) is 6. The van der Waals surface area contributed by atoms with Gasteiger partial charge in [0.2, 0.25) is 0 Å². The van der Waals surface area contributed by atoms with E-state index in [0.29, 0.717) is 36.3 Å². The number of carbonyl (C=O) groups is 2. The zero-order valence-corrected chi connectivity index (χ0v) is 18.5. The molecule has 2 aromatic rings. The van der Waals surface area contributed by atoms with Crippen LogP contribution in [-0.2, 0) is 4.74 Å². The first-order valence-corrected chi connectivity index (χ1v) is 11.0. The maximum absolute atomic E-state index is 12.7. The van der Waals surface area contributed by atoms with E-state index >= 15 is 0 Å². The Bertz CT molecular complexity index is 959. The van der Waals surface area contributed by atoms with Crippen molar-refractivity contribution in [3.8, 4) is 5.75 Å². The SMILES string of the molecule is COC(=O)c1cccc(NC(=O)N2CCC(C3CC(c4cccc(OC)c4)NN3)CC2)c1. The summed E-state index contributed by atoms with van der Waals surface area (Å²) in [6.07, 6.45) is 2.89. The van der Waals surface area contributed by atoms with Crippen LogP contribution in [-0.4, -0.2) is 50.3 Å². The molecule has 2 fully saturated rings. The third-order valence-electron chi connectivity index (χ3n) is 6.36. The molecule has 2 aromatic carbocycles. The van der Waals surface area contributed by atoms with E-state index in [4.69, 9.17) is 9.47 Å². The third-order valence-corrected chi connectivity index (χ3v) is 6.36. The molecule has 0 aromatic heterocycles. The smallest absolute Gasteiger partial charge is 0.337 e. The number of ether oxygens (including phenoxy) is 2. The lowest BCUT2D eigenvalue weighted by Crippen LogP contribution is -2.45. The maximum atomic E-state index is 12.7. The number of hydrazine groups is 1. The van der Waals surface area contributed by atoms with Gasteiger partial charge in [-0.3, -0.25) is 10.9 Å². The first-order chi connectivity index (χ1) is 15.6. The molecule has 0 spiro atoms. The highest BCUT2D eigenvalue weighted by Gasteiger charge is 2.34. The molecular formula is C24H30N4O4. The molecule has 0 bridgehead atoms. The molecule has 0 saturated carbocycles. The minimum atomic E-state index is -0.424. The van der Waals surface area contributed by atoms with Gasteiger partial charge in [0.15, 0.2) is 0 Å². The van der Waals surface area contributed by atoms with Crippen molar-refractivity contribution in [3.05, 3.63) is 59.7 Å². The minimum absolute atomic E-state index is 0.141. The van der Waals surface area contributed by atoms with Gasteiger partial charge >= 0.3 is 12.0 Å². The normalized spacial score (nSPS) is 21.2. The molecule has 8 nitrogen and oxygen atoms in total. The molecular weight excluding hydrogens is 408 g/mol. The number of piperidine rings is 1. The molecule has 0 radical (unpaired) electrons. The Morgan fingerprint density at radius 3 is 2.56 bits per heavy atom. The van der Waals surface area contributed by atoms with Crippen LogP contribution in [0.3, 0.4) is 0 Å². The number of benzene rings is 2. The number of amides is 2. The van der Waals surface area contributed by atoms with E-state index in [0.717, 1.165) is 25.0 Å². The van der Waals surface area contributed by atoms with Crippen molar-refractivity contribution in [2.45, 2.75) is 31.3 Å². The Labute approximate surface area is 188 Å². The summed E-state index contributed by atoms with van der Waals surface area (Å²) in [6, 6.07) is 15.4. The molecule has 3 N–H and O–H groups in total. The van der Waals surface area contributed by atoms with E-state index in [-0.39, 0.29) is 12.1 Å². The molecule has 0 aliphatic carbocycles. The van der Waals surface area contributed by atoms with Crippen molar-refractivity contribution >= 4 is 17.7 Å². The largest absolute Gasteiger partial charge is 0.497 e. The number of esters is 1. The van der Waals surface area contributed by atoms with Crippen LogP contribution in [0.25, 0.3) is 0 Å². The molecule has 2 amide bonds. The average Bonchev–Trinajstić information content (AvgIpc) is 3.34. The molecule has 2 saturated heterocycles. The minimum Gasteiger partial charge on any atom is -0.497 e. The molecule has 4 rings (SSSR count). The molecule has 2 unspecified atom stereocenters. The number of likely N-dealkylation sites (tertiary alicyclic amines) is 1. The van der Waals surface area contributed by atoms with Gasteiger partial charge < -0.3 is 19.7 Å². The molecule has 2 aliphatic rings. The van der Waals surface area contributed by atoms with Gasteiger partial charge in [-0.15, -0.1) is 0 Å². The third kappa shape index (κ3) is 5.03. The first-order valence-electron chi connectivity index (χ1n) is 11.0. The number of anilines is 1. The standard InChI is InChI=1S/C24H30N4O4/c1-31-20-8-4-5-17(14-20)22-15-21(26-27-22)16-9-11-28(12-10-16)24(30)25-19-7-3-6-18(13-19)23(29)32-2/h3-8,13-14,16,21-22,26-27H,9-12,15H2,1-2H3,(H,25,30). The number of hydrogen-bond donors (Lipinski definition) is 3. The fourth-order valence-corrected chi connectivity index (χ4v) is 4.52. The highest BCUT2D eigenvalue weighted by Crippen LogP contribution is 2.31. The van der Waals surface area contributed by atoms with Crippen LogP contribution in [0.4, 0.5) is 10.5 Å². The van der Waals surface area contributed by atoms with E-state index < -0.39 is 5.97 Å². The van der Waals surface area contributed by atoms with Crippen LogP contribution in [0.15, 0.2) is 48.5 Å². The fraction of sp³-hybridized carbons (Fsp3) is 0.417.